The van der Waals surface area contributed by atoms with Crippen LogP contribution in [0.2, 0.25) is 0 Å². The minimum Gasteiger partial charge on any atom is -0.335 e. The third-order valence-electron chi connectivity index (χ3n) is 5.61. The zero-order valence-corrected chi connectivity index (χ0v) is 14.3. The van der Waals surface area contributed by atoms with Gasteiger partial charge >= 0.3 is 6.03 Å². The number of amides is 2. The molecule has 6 N–H and O–H groups in total. The smallest absolute Gasteiger partial charge is 0.317 e. The second-order valence-corrected chi connectivity index (χ2v) is 7.39. The molecule has 1 saturated carbocycles. The molecule has 3 rings (SSSR count). The van der Waals surface area contributed by atoms with Crippen LogP contribution in [0.5, 0.6) is 0 Å². The van der Waals surface area contributed by atoms with Crippen LogP contribution in [0.1, 0.15) is 39.0 Å². The first-order chi connectivity index (χ1) is 11.1. The lowest BCUT2D eigenvalue weighted by Crippen LogP contribution is -2.68. The Morgan fingerprint density at radius 3 is 2.74 bits per heavy atom. The van der Waals surface area contributed by atoms with E-state index < -0.39 is 0 Å². The van der Waals surface area contributed by atoms with Crippen LogP contribution in [-0.4, -0.2) is 50.7 Å². The van der Waals surface area contributed by atoms with E-state index in [1.165, 1.54) is 12.8 Å². The van der Waals surface area contributed by atoms with Crippen molar-refractivity contribution in [3.63, 3.8) is 0 Å². The summed E-state index contributed by atoms with van der Waals surface area (Å²) in [6.45, 7) is 4.41. The molecule has 2 saturated heterocycles. The molecular weight excluding hydrogens is 292 g/mol. The molecule has 7 heteroatoms. The molecule has 0 radical (unpaired) electrons. The molecule has 3 fully saturated rings. The number of fused-ring (bicyclic) bond motifs is 1. The van der Waals surface area contributed by atoms with E-state index in [-0.39, 0.29) is 18.5 Å². The van der Waals surface area contributed by atoms with Gasteiger partial charge in [-0.15, -0.1) is 0 Å². The highest BCUT2D eigenvalue weighted by Crippen LogP contribution is 2.33. The van der Waals surface area contributed by atoms with Gasteiger partial charge in [-0.1, -0.05) is 0 Å². The Kier molecular flexibility index (Phi) is 5.74. The van der Waals surface area contributed by atoms with Gasteiger partial charge in [0.25, 0.3) is 0 Å². The second-order valence-electron chi connectivity index (χ2n) is 7.39. The number of nitrogens with one attached hydrogen (secondary N) is 6. The second kappa shape index (κ2) is 7.79. The summed E-state index contributed by atoms with van der Waals surface area (Å²) in [5.41, 5.74) is 0. The monoisotopic (exact) mass is 324 g/mol. The fraction of sp³-hybridized carbons (Fsp3) is 0.938. The van der Waals surface area contributed by atoms with Gasteiger partial charge in [0.2, 0.25) is 0 Å². The Labute approximate surface area is 139 Å². The summed E-state index contributed by atoms with van der Waals surface area (Å²) >= 11 is 0. The molecule has 0 aromatic heterocycles. The molecular formula is C16H32N6O. The van der Waals surface area contributed by atoms with Crippen molar-refractivity contribution in [1.82, 2.24) is 31.9 Å². The summed E-state index contributed by atoms with van der Waals surface area (Å²) in [5.74, 6) is 1.58. The van der Waals surface area contributed by atoms with Gasteiger partial charge in [-0.05, 0) is 71.0 Å². The minimum absolute atomic E-state index is 0.0728. The lowest BCUT2D eigenvalue weighted by molar-refractivity contribution is 0.151. The molecule has 0 aromatic carbocycles. The summed E-state index contributed by atoms with van der Waals surface area (Å²) in [6.07, 6.45) is 5.72. The number of rotatable bonds is 3. The van der Waals surface area contributed by atoms with Crippen molar-refractivity contribution in [1.29, 1.82) is 0 Å². The van der Waals surface area contributed by atoms with Crippen molar-refractivity contribution in [2.75, 3.05) is 20.1 Å². The van der Waals surface area contributed by atoms with Crippen LogP contribution >= 0.6 is 0 Å². The first-order valence-electron chi connectivity index (χ1n) is 9.11. The predicted molar refractivity (Wildman–Crippen MR) is 90.8 cm³/mol. The summed E-state index contributed by atoms with van der Waals surface area (Å²) in [5, 5.41) is 19.6. The van der Waals surface area contributed by atoms with E-state index in [2.05, 4.69) is 38.8 Å². The van der Waals surface area contributed by atoms with Crippen molar-refractivity contribution >= 4 is 6.03 Å². The van der Waals surface area contributed by atoms with E-state index in [1.807, 2.05) is 7.05 Å². The Morgan fingerprint density at radius 2 is 1.91 bits per heavy atom. The van der Waals surface area contributed by atoms with Crippen molar-refractivity contribution in [3.05, 3.63) is 0 Å². The quantitative estimate of drug-likeness (QED) is 0.435. The number of urea groups is 1. The molecule has 2 heterocycles. The molecule has 7 nitrogen and oxygen atoms in total. The summed E-state index contributed by atoms with van der Waals surface area (Å²) in [4.78, 5) is 12.3. The molecule has 0 spiro atoms. The third-order valence-corrected chi connectivity index (χ3v) is 5.61. The Bertz CT molecular complexity index is 406. The van der Waals surface area contributed by atoms with Gasteiger partial charge in [0, 0.05) is 12.1 Å². The number of carbonyl (C=O) groups is 1. The molecule has 6 unspecified atom stereocenters. The zero-order valence-electron chi connectivity index (χ0n) is 14.3. The molecule has 6 atom stereocenters. The summed E-state index contributed by atoms with van der Waals surface area (Å²) in [7, 11) is 1.93. The van der Waals surface area contributed by atoms with Crippen LogP contribution in [0.4, 0.5) is 4.79 Å². The normalized spacial score (nSPS) is 41.0. The van der Waals surface area contributed by atoms with Crippen molar-refractivity contribution in [3.8, 4) is 0 Å². The molecule has 2 aliphatic heterocycles. The Morgan fingerprint density at radius 1 is 1.04 bits per heavy atom. The summed E-state index contributed by atoms with van der Waals surface area (Å²) < 4.78 is 0. The number of piperidine rings is 1. The molecule has 3 aliphatic rings. The van der Waals surface area contributed by atoms with Gasteiger partial charge in [0.1, 0.15) is 6.29 Å². The van der Waals surface area contributed by atoms with Crippen LogP contribution < -0.4 is 31.9 Å². The van der Waals surface area contributed by atoms with E-state index in [0.717, 1.165) is 44.2 Å². The van der Waals surface area contributed by atoms with Crippen LogP contribution in [0.25, 0.3) is 0 Å². The molecule has 132 valence electrons. The highest BCUT2D eigenvalue weighted by molar-refractivity contribution is 5.74. The fourth-order valence-electron chi connectivity index (χ4n) is 4.32. The van der Waals surface area contributed by atoms with Gasteiger partial charge in [0.05, 0.1) is 6.17 Å². The number of carbonyl (C=O) groups excluding carboxylic acids is 1. The van der Waals surface area contributed by atoms with Crippen molar-refractivity contribution in [2.45, 2.75) is 63.6 Å². The molecule has 2 amide bonds. The maximum absolute atomic E-state index is 12.3. The SMILES string of the molecule is CNC1CC(C)NC(NC(=O)NC2CCC3CNCCC3C2)N1. The average molecular weight is 324 g/mol. The van der Waals surface area contributed by atoms with Crippen molar-refractivity contribution in [2.24, 2.45) is 11.8 Å². The fourth-order valence-corrected chi connectivity index (χ4v) is 4.32. The number of hydrogen-bond donors (Lipinski definition) is 6. The zero-order chi connectivity index (χ0) is 16.2. The van der Waals surface area contributed by atoms with E-state index in [1.54, 1.807) is 0 Å². The van der Waals surface area contributed by atoms with Gasteiger partial charge in [-0.3, -0.25) is 10.6 Å². The minimum atomic E-state index is -0.189. The predicted octanol–water partition coefficient (Wildman–Crippen LogP) is -0.136. The highest BCUT2D eigenvalue weighted by Gasteiger charge is 2.33. The lowest BCUT2D eigenvalue weighted by atomic mass is 9.73. The molecule has 0 aromatic rings. The van der Waals surface area contributed by atoms with E-state index >= 15 is 0 Å². The third kappa shape index (κ3) is 4.56. The highest BCUT2D eigenvalue weighted by atomic mass is 16.2. The largest absolute Gasteiger partial charge is 0.335 e. The van der Waals surface area contributed by atoms with Crippen LogP contribution in [-0.2, 0) is 0 Å². The number of hydrogen-bond acceptors (Lipinski definition) is 5. The van der Waals surface area contributed by atoms with Gasteiger partial charge < -0.3 is 21.3 Å². The van der Waals surface area contributed by atoms with Crippen LogP contribution in [0.3, 0.4) is 0 Å². The summed E-state index contributed by atoms with van der Waals surface area (Å²) in [6, 6.07) is 0.607. The van der Waals surface area contributed by atoms with E-state index in [0.29, 0.717) is 12.1 Å². The first kappa shape index (κ1) is 17.0. The molecule has 23 heavy (non-hydrogen) atoms. The van der Waals surface area contributed by atoms with Crippen molar-refractivity contribution < 1.29 is 4.79 Å². The maximum Gasteiger partial charge on any atom is 0.317 e. The standard InChI is InChI=1S/C16H32N6O/c1-10-7-14(17-2)21-15(19-10)22-16(23)20-13-4-3-12-9-18-6-5-11(12)8-13/h10-15,17-19,21H,3-9H2,1-2H3,(H2,20,22,23). The topological polar surface area (TPSA) is 89.2 Å². The van der Waals surface area contributed by atoms with Gasteiger partial charge in [-0.25, -0.2) is 4.79 Å². The van der Waals surface area contributed by atoms with Crippen LogP contribution in [0.15, 0.2) is 0 Å². The van der Waals surface area contributed by atoms with E-state index in [9.17, 15) is 4.79 Å². The Balaban J connectivity index is 1.44. The first-order valence-corrected chi connectivity index (χ1v) is 9.11. The van der Waals surface area contributed by atoms with Gasteiger partial charge in [0.15, 0.2) is 0 Å². The average Bonchev–Trinajstić information content (AvgIpc) is 2.54. The van der Waals surface area contributed by atoms with Crippen LogP contribution in [0, 0.1) is 11.8 Å². The molecule has 0 bridgehead atoms. The lowest BCUT2D eigenvalue weighted by Gasteiger charge is -2.40. The molecule has 1 aliphatic carbocycles. The van der Waals surface area contributed by atoms with E-state index in [4.69, 9.17) is 0 Å². The van der Waals surface area contributed by atoms with Gasteiger partial charge in [-0.2, -0.15) is 0 Å². The Hall–Kier alpha value is -0.890. The maximum atomic E-state index is 12.3.